The number of thiazole rings is 1. The fraction of sp³-hybridized carbons (Fsp3) is 0.231. The lowest BCUT2D eigenvalue weighted by molar-refractivity contribution is -0.137. The lowest BCUT2D eigenvalue weighted by Gasteiger charge is -2.13. The van der Waals surface area contributed by atoms with Gasteiger partial charge in [0.25, 0.3) is 5.91 Å². The van der Waals surface area contributed by atoms with Gasteiger partial charge in [-0.15, -0.1) is 11.3 Å². The number of thioether (sulfide) groups is 1. The summed E-state index contributed by atoms with van der Waals surface area (Å²) in [7, 11) is 0. The van der Waals surface area contributed by atoms with Gasteiger partial charge >= 0.3 is 5.97 Å². The Kier molecular flexibility index (Phi) is 4.72. The topological polar surface area (TPSA) is 74.9 Å². The Morgan fingerprint density at radius 3 is 3.04 bits per heavy atom. The molecule has 23 heavy (non-hydrogen) atoms. The third-order valence-corrected chi connectivity index (χ3v) is 5.58. The largest absolute Gasteiger partial charge is 0.481 e. The maximum atomic E-state index is 12.4. The number of nitrogens with zero attached hydrogens (tertiary/aromatic N) is 3. The highest BCUT2D eigenvalue weighted by atomic mass is 35.5. The number of aliphatic carboxylic acids is 1. The Morgan fingerprint density at radius 1 is 1.52 bits per heavy atom. The first-order valence-corrected chi connectivity index (χ1v) is 9.04. The van der Waals surface area contributed by atoms with Crippen molar-refractivity contribution in [1.82, 2.24) is 14.3 Å². The molecule has 1 fully saturated rings. The fourth-order valence-electron chi connectivity index (χ4n) is 2.11. The van der Waals surface area contributed by atoms with Crippen molar-refractivity contribution in [1.29, 1.82) is 0 Å². The Labute approximate surface area is 149 Å². The number of imidazole rings is 1. The molecule has 1 amide bonds. The van der Waals surface area contributed by atoms with Gasteiger partial charge in [0.05, 0.1) is 10.6 Å². The highest BCUT2D eigenvalue weighted by Crippen LogP contribution is 2.34. The molecule has 6 nitrogen and oxygen atoms in total. The van der Waals surface area contributed by atoms with E-state index in [0.717, 1.165) is 4.96 Å². The van der Waals surface area contributed by atoms with Crippen molar-refractivity contribution in [3.63, 3.8) is 0 Å². The van der Waals surface area contributed by atoms with Crippen molar-refractivity contribution in [2.24, 2.45) is 0 Å². The van der Waals surface area contributed by atoms with E-state index in [1.54, 1.807) is 6.08 Å². The van der Waals surface area contributed by atoms with Crippen molar-refractivity contribution in [3.05, 3.63) is 27.3 Å². The number of rotatable bonds is 5. The van der Waals surface area contributed by atoms with Crippen LogP contribution in [0.5, 0.6) is 0 Å². The summed E-state index contributed by atoms with van der Waals surface area (Å²) in [6.07, 6.45) is 3.86. The van der Waals surface area contributed by atoms with Gasteiger partial charge in [0.15, 0.2) is 10.1 Å². The summed E-state index contributed by atoms with van der Waals surface area (Å²) in [6, 6.07) is 0. The number of hydrogen-bond acceptors (Lipinski definition) is 6. The van der Waals surface area contributed by atoms with Crippen LogP contribution in [0.15, 0.2) is 16.5 Å². The zero-order chi connectivity index (χ0) is 16.6. The molecule has 1 saturated heterocycles. The number of fused-ring (bicyclic) bond motifs is 1. The van der Waals surface area contributed by atoms with Gasteiger partial charge in [-0.2, -0.15) is 0 Å². The summed E-state index contributed by atoms with van der Waals surface area (Å²) >= 11 is 14.0. The fourth-order valence-corrected chi connectivity index (χ4v) is 4.39. The number of carbonyl (C=O) groups excluding carboxylic acids is 1. The van der Waals surface area contributed by atoms with Crippen LogP contribution in [-0.2, 0) is 9.59 Å². The molecule has 0 saturated carbocycles. The molecule has 0 unspecified atom stereocenters. The highest BCUT2D eigenvalue weighted by Gasteiger charge is 2.32. The van der Waals surface area contributed by atoms with Crippen LogP contribution >= 0.6 is 46.9 Å². The highest BCUT2D eigenvalue weighted by molar-refractivity contribution is 8.26. The number of carboxylic acids is 1. The Bertz CT molecular complexity index is 842. The second-order valence-electron chi connectivity index (χ2n) is 4.67. The predicted octanol–water partition coefficient (Wildman–Crippen LogP) is 3.12. The minimum atomic E-state index is -0.892. The van der Waals surface area contributed by atoms with Crippen LogP contribution in [0.25, 0.3) is 11.0 Å². The average molecular weight is 388 g/mol. The molecule has 120 valence electrons. The van der Waals surface area contributed by atoms with E-state index < -0.39 is 5.97 Å². The number of aromatic nitrogens is 2. The van der Waals surface area contributed by atoms with E-state index in [0.29, 0.717) is 33.0 Å². The molecule has 1 N–H and O–H groups in total. The van der Waals surface area contributed by atoms with Crippen LogP contribution in [0, 0.1) is 0 Å². The minimum Gasteiger partial charge on any atom is -0.481 e. The predicted molar refractivity (Wildman–Crippen MR) is 94.8 cm³/mol. The zero-order valence-corrected chi connectivity index (χ0v) is 14.8. The number of thiocarbonyl (C=S) groups is 1. The van der Waals surface area contributed by atoms with Gasteiger partial charge in [-0.05, 0) is 12.5 Å². The number of halogens is 1. The van der Waals surface area contributed by atoms with Crippen LogP contribution in [0.3, 0.4) is 0 Å². The first-order chi connectivity index (χ1) is 11.0. The lowest BCUT2D eigenvalue weighted by atomic mass is 10.3. The number of hydrogen-bond donors (Lipinski definition) is 1. The van der Waals surface area contributed by atoms with Crippen molar-refractivity contribution >= 4 is 74.2 Å². The molecule has 0 aliphatic carbocycles. The Morgan fingerprint density at radius 2 is 2.30 bits per heavy atom. The molecule has 3 heterocycles. The van der Waals surface area contributed by atoms with Crippen LogP contribution in [0.2, 0.25) is 5.15 Å². The molecule has 0 spiro atoms. The summed E-state index contributed by atoms with van der Waals surface area (Å²) in [4.78, 5) is 29.9. The summed E-state index contributed by atoms with van der Waals surface area (Å²) in [5, 5.41) is 10.9. The molecule has 0 atom stereocenters. The zero-order valence-electron chi connectivity index (χ0n) is 11.6. The van der Waals surface area contributed by atoms with Crippen LogP contribution < -0.4 is 0 Å². The van der Waals surface area contributed by atoms with Crippen molar-refractivity contribution in [3.8, 4) is 0 Å². The number of amides is 1. The summed E-state index contributed by atoms with van der Waals surface area (Å²) < 4.78 is 2.23. The van der Waals surface area contributed by atoms with Gasteiger partial charge in [0.2, 0.25) is 0 Å². The van der Waals surface area contributed by atoms with Gasteiger partial charge in [0.1, 0.15) is 4.32 Å². The van der Waals surface area contributed by atoms with Crippen LogP contribution in [0.1, 0.15) is 18.5 Å². The monoisotopic (exact) mass is 387 g/mol. The van der Waals surface area contributed by atoms with Crippen molar-refractivity contribution in [2.45, 2.75) is 12.8 Å². The van der Waals surface area contributed by atoms with E-state index in [1.165, 1.54) is 28.0 Å². The average Bonchev–Trinajstić information content (AvgIpc) is 3.11. The van der Waals surface area contributed by atoms with Gasteiger partial charge in [-0.3, -0.25) is 18.9 Å². The molecule has 10 heteroatoms. The quantitative estimate of drug-likeness (QED) is 0.627. The second-order valence-corrected chi connectivity index (χ2v) is 7.58. The standard InChI is InChI=1S/C13H10ClN3O3S3/c14-10-7(16-4-5-22-12(16)15-10)6-8-11(20)17(13(21)23-8)3-1-2-9(18)19/h4-6H,1-3H2,(H,18,19). The molecule has 2 aromatic rings. The Balaban J connectivity index is 1.82. The third-order valence-electron chi connectivity index (χ3n) is 3.17. The molecule has 0 bridgehead atoms. The van der Waals surface area contributed by atoms with Crippen LogP contribution in [0.4, 0.5) is 0 Å². The SMILES string of the molecule is O=C(O)CCCN1C(=O)C(=Cc2c(Cl)nc3sccn23)SC1=S. The molecule has 0 radical (unpaired) electrons. The van der Waals surface area contributed by atoms with Crippen molar-refractivity contribution in [2.75, 3.05) is 6.54 Å². The van der Waals surface area contributed by atoms with E-state index in [2.05, 4.69) is 4.98 Å². The third kappa shape index (κ3) is 3.27. The van der Waals surface area contributed by atoms with Gasteiger partial charge < -0.3 is 5.11 Å². The van der Waals surface area contributed by atoms with E-state index >= 15 is 0 Å². The first kappa shape index (κ1) is 16.4. The molecular formula is C13H10ClN3O3S3. The molecule has 2 aromatic heterocycles. The first-order valence-electron chi connectivity index (χ1n) is 6.55. The molecule has 0 aromatic carbocycles. The lowest BCUT2D eigenvalue weighted by Crippen LogP contribution is -2.29. The second kappa shape index (κ2) is 6.60. The molecule has 3 rings (SSSR count). The van der Waals surface area contributed by atoms with Crippen LogP contribution in [-0.4, -0.2) is 42.1 Å². The maximum Gasteiger partial charge on any atom is 0.303 e. The maximum absolute atomic E-state index is 12.4. The van der Waals surface area contributed by atoms with E-state index in [4.69, 9.17) is 28.9 Å². The van der Waals surface area contributed by atoms with Gasteiger partial charge in [-0.25, -0.2) is 4.98 Å². The van der Waals surface area contributed by atoms with Gasteiger partial charge in [-0.1, -0.05) is 35.6 Å². The molecular weight excluding hydrogens is 378 g/mol. The summed E-state index contributed by atoms with van der Waals surface area (Å²) in [6.45, 7) is 0.294. The molecule has 1 aliphatic heterocycles. The number of carbonyl (C=O) groups is 2. The van der Waals surface area contributed by atoms with E-state index in [9.17, 15) is 9.59 Å². The summed E-state index contributed by atoms with van der Waals surface area (Å²) in [5.74, 6) is -1.12. The van der Waals surface area contributed by atoms with Crippen molar-refractivity contribution < 1.29 is 14.7 Å². The number of carboxylic acid groups (broad SMARTS) is 1. The van der Waals surface area contributed by atoms with Gasteiger partial charge in [0, 0.05) is 24.5 Å². The van der Waals surface area contributed by atoms with E-state index in [-0.39, 0.29) is 12.3 Å². The minimum absolute atomic E-state index is 0.0000835. The summed E-state index contributed by atoms with van der Waals surface area (Å²) in [5.41, 5.74) is 0.633. The van der Waals surface area contributed by atoms with E-state index in [1.807, 2.05) is 16.0 Å². The smallest absolute Gasteiger partial charge is 0.303 e. The normalized spacial score (nSPS) is 16.9. The Hall–Kier alpha value is -1.42. The molecule has 1 aliphatic rings.